The molecule has 2 N–H and O–H groups in total. The van der Waals surface area contributed by atoms with E-state index in [4.69, 9.17) is 0 Å². The number of aromatic nitrogens is 1. The minimum absolute atomic E-state index is 0.0244. The van der Waals surface area contributed by atoms with E-state index in [1.807, 2.05) is 0 Å². The Kier molecular flexibility index (Phi) is 3.52. The second-order valence-electron chi connectivity index (χ2n) is 5.63. The minimum Gasteiger partial charge on any atom is -0.359 e. The maximum atomic E-state index is 13.3. The molecule has 1 aromatic carbocycles. The molecule has 1 atom stereocenters. The molecule has 1 amide bonds. The molecule has 5 nitrogen and oxygen atoms in total. The molecule has 0 spiro atoms. The van der Waals surface area contributed by atoms with Crippen LogP contribution in [0.25, 0.3) is 10.9 Å². The Hall–Kier alpha value is -2.61. The number of amides is 1. The van der Waals surface area contributed by atoms with Gasteiger partial charge in [-0.2, -0.15) is 13.2 Å². The number of nitrogens with zero attached hydrogens (tertiary/aromatic N) is 2. The SMILES string of the molecule is CC1=CC(O)(C(F)(F)F)N(C(=O)c2cc(C)nc3ccccc23)N1. The Morgan fingerprint density at radius 1 is 1.29 bits per heavy atom. The van der Waals surface area contributed by atoms with Crippen LogP contribution in [-0.4, -0.2) is 32.9 Å². The first kappa shape index (κ1) is 16.3. The number of allylic oxidation sites excluding steroid dienone is 1. The molecule has 1 unspecified atom stereocenters. The number of nitrogens with one attached hydrogen (secondary N) is 1. The van der Waals surface area contributed by atoms with Gasteiger partial charge in [-0.1, -0.05) is 18.2 Å². The van der Waals surface area contributed by atoms with Gasteiger partial charge in [0.1, 0.15) is 0 Å². The number of hydrazine groups is 1. The van der Waals surface area contributed by atoms with Gasteiger partial charge in [0.2, 0.25) is 0 Å². The molecular weight excluding hydrogens is 323 g/mol. The zero-order valence-electron chi connectivity index (χ0n) is 12.8. The van der Waals surface area contributed by atoms with E-state index in [2.05, 4.69) is 10.4 Å². The summed E-state index contributed by atoms with van der Waals surface area (Å²) in [5.41, 5.74) is -0.103. The molecule has 2 aromatic rings. The highest BCUT2D eigenvalue weighted by atomic mass is 19.4. The van der Waals surface area contributed by atoms with Gasteiger partial charge in [0, 0.05) is 16.8 Å². The van der Waals surface area contributed by atoms with Gasteiger partial charge in [0.25, 0.3) is 11.6 Å². The fourth-order valence-electron chi connectivity index (χ4n) is 2.68. The number of hydrogen-bond donors (Lipinski definition) is 2. The predicted octanol–water partition coefficient (Wildman–Crippen LogP) is 2.66. The molecule has 0 fully saturated rings. The third-order valence-corrected chi connectivity index (χ3v) is 3.74. The van der Waals surface area contributed by atoms with Crippen molar-refractivity contribution in [3.63, 3.8) is 0 Å². The third kappa shape index (κ3) is 2.39. The Bertz CT molecular complexity index is 863. The summed E-state index contributed by atoms with van der Waals surface area (Å²) in [6.45, 7) is 2.97. The van der Waals surface area contributed by atoms with E-state index < -0.39 is 17.8 Å². The van der Waals surface area contributed by atoms with Gasteiger partial charge in [0.05, 0.1) is 11.1 Å². The second kappa shape index (κ2) is 5.20. The van der Waals surface area contributed by atoms with E-state index in [9.17, 15) is 23.1 Å². The van der Waals surface area contributed by atoms with Crippen molar-refractivity contribution in [3.05, 3.63) is 53.4 Å². The average molecular weight is 337 g/mol. The Labute approximate surface area is 135 Å². The monoisotopic (exact) mass is 337 g/mol. The number of aryl methyl sites for hydroxylation is 1. The molecule has 0 aliphatic carbocycles. The van der Waals surface area contributed by atoms with Crippen LogP contribution in [0, 0.1) is 6.92 Å². The summed E-state index contributed by atoms with van der Waals surface area (Å²) in [6.07, 6.45) is -4.48. The molecule has 1 aromatic heterocycles. The van der Waals surface area contributed by atoms with Crippen LogP contribution in [0.3, 0.4) is 0 Å². The lowest BCUT2D eigenvalue weighted by Crippen LogP contribution is -2.60. The van der Waals surface area contributed by atoms with Crippen LogP contribution in [0.4, 0.5) is 13.2 Å². The van der Waals surface area contributed by atoms with Crippen molar-refractivity contribution in [2.24, 2.45) is 0 Å². The van der Waals surface area contributed by atoms with Crippen LogP contribution in [0.1, 0.15) is 23.0 Å². The van der Waals surface area contributed by atoms with Crippen LogP contribution in [0.5, 0.6) is 0 Å². The number of hydrogen-bond acceptors (Lipinski definition) is 4. The van der Waals surface area contributed by atoms with E-state index >= 15 is 0 Å². The molecule has 0 saturated carbocycles. The van der Waals surface area contributed by atoms with Crippen LogP contribution in [0.15, 0.2) is 42.1 Å². The molecule has 1 aliphatic heterocycles. The number of alkyl halides is 3. The van der Waals surface area contributed by atoms with Crippen molar-refractivity contribution in [1.29, 1.82) is 0 Å². The van der Waals surface area contributed by atoms with Crippen molar-refractivity contribution < 1.29 is 23.1 Å². The van der Waals surface area contributed by atoms with E-state index in [1.54, 1.807) is 31.2 Å². The molecule has 0 radical (unpaired) electrons. The summed E-state index contributed by atoms with van der Waals surface area (Å²) < 4.78 is 39.9. The third-order valence-electron chi connectivity index (χ3n) is 3.74. The minimum atomic E-state index is -5.05. The van der Waals surface area contributed by atoms with Gasteiger partial charge >= 0.3 is 6.18 Å². The lowest BCUT2D eigenvalue weighted by Gasteiger charge is -2.34. The first-order valence-corrected chi connectivity index (χ1v) is 7.09. The number of halogens is 3. The van der Waals surface area contributed by atoms with Crippen LogP contribution in [-0.2, 0) is 0 Å². The first-order chi connectivity index (χ1) is 11.1. The van der Waals surface area contributed by atoms with Gasteiger partial charge < -0.3 is 5.11 Å². The van der Waals surface area contributed by atoms with Crippen molar-refractivity contribution in [2.75, 3.05) is 0 Å². The van der Waals surface area contributed by atoms with E-state index in [0.717, 1.165) is 0 Å². The number of fused-ring (bicyclic) bond motifs is 1. The number of carbonyl (C=O) groups is 1. The van der Waals surface area contributed by atoms with Gasteiger partial charge in [-0.05, 0) is 32.1 Å². The Morgan fingerprint density at radius 3 is 2.62 bits per heavy atom. The molecule has 2 heterocycles. The smallest absolute Gasteiger partial charge is 0.359 e. The largest absolute Gasteiger partial charge is 0.442 e. The molecule has 24 heavy (non-hydrogen) atoms. The van der Waals surface area contributed by atoms with E-state index in [0.29, 0.717) is 22.7 Å². The molecule has 0 saturated heterocycles. The van der Waals surface area contributed by atoms with Gasteiger partial charge in [-0.15, -0.1) is 0 Å². The zero-order chi connectivity index (χ0) is 17.7. The normalized spacial score (nSPS) is 20.9. The van der Waals surface area contributed by atoms with Crippen molar-refractivity contribution in [3.8, 4) is 0 Å². The molecule has 0 bridgehead atoms. The standard InChI is InChI=1S/C16H14F3N3O2/c1-9-7-12(11-5-3-4-6-13(11)20-9)14(23)22-15(24,16(17,18)19)8-10(2)21-22/h3-8,21,24H,1-2H3. The quantitative estimate of drug-likeness (QED) is 0.840. The van der Waals surface area contributed by atoms with Crippen molar-refractivity contribution in [1.82, 2.24) is 15.4 Å². The highest BCUT2D eigenvalue weighted by Crippen LogP contribution is 2.38. The summed E-state index contributed by atoms with van der Waals surface area (Å²) in [5.74, 6) is -0.996. The lowest BCUT2D eigenvalue weighted by atomic mass is 10.1. The second-order valence-corrected chi connectivity index (χ2v) is 5.63. The van der Waals surface area contributed by atoms with Gasteiger partial charge in [-0.25, -0.2) is 5.01 Å². The zero-order valence-corrected chi connectivity index (χ0v) is 12.8. The average Bonchev–Trinajstić information content (AvgIpc) is 2.81. The molecule has 126 valence electrons. The molecule has 1 aliphatic rings. The summed E-state index contributed by atoms with van der Waals surface area (Å²) in [7, 11) is 0. The van der Waals surface area contributed by atoms with Crippen molar-refractivity contribution >= 4 is 16.8 Å². The Morgan fingerprint density at radius 2 is 1.96 bits per heavy atom. The molecular formula is C16H14F3N3O2. The number of pyridine rings is 1. The van der Waals surface area contributed by atoms with E-state index in [1.165, 1.54) is 13.0 Å². The predicted molar refractivity (Wildman–Crippen MR) is 80.5 cm³/mol. The number of aliphatic hydroxyl groups is 1. The summed E-state index contributed by atoms with van der Waals surface area (Å²) >= 11 is 0. The lowest BCUT2D eigenvalue weighted by molar-refractivity contribution is -0.283. The summed E-state index contributed by atoms with van der Waals surface area (Å²) in [6, 6.07) is 8.03. The first-order valence-electron chi connectivity index (χ1n) is 7.09. The number of para-hydroxylation sites is 1. The van der Waals surface area contributed by atoms with Crippen LogP contribution < -0.4 is 5.43 Å². The van der Waals surface area contributed by atoms with Crippen LogP contribution in [0.2, 0.25) is 0 Å². The molecule has 8 heteroatoms. The van der Waals surface area contributed by atoms with Crippen molar-refractivity contribution in [2.45, 2.75) is 25.7 Å². The highest BCUT2D eigenvalue weighted by Gasteiger charge is 2.61. The van der Waals surface area contributed by atoms with E-state index in [-0.39, 0.29) is 16.3 Å². The number of carbonyl (C=O) groups excluding carboxylic acids is 1. The fraction of sp³-hybridized carbons (Fsp3) is 0.250. The maximum absolute atomic E-state index is 13.3. The fourth-order valence-corrected chi connectivity index (χ4v) is 2.68. The number of benzene rings is 1. The highest BCUT2D eigenvalue weighted by molar-refractivity contribution is 6.06. The molecule has 3 rings (SSSR count). The van der Waals surface area contributed by atoms with Gasteiger partial charge in [0.15, 0.2) is 0 Å². The maximum Gasteiger partial charge on any atom is 0.442 e. The summed E-state index contributed by atoms with van der Waals surface area (Å²) in [4.78, 5) is 17.0. The van der Waals surface area contributed by atoms with Crippen LogP contribution >= 0.6 is 0 Å². The summed E-state index contributed by atoms with van der Waals surface area (Å²) in [5, 5.41) is 10.7. The number of rotatable bonds is 1. The topological polar surface area (TPSA) is 65.5 Å². The Balaban J connectivity index is 2.13. The van der Waals surface area contributed by atoms with Gasteiger partial charge in [-0.3, -0.25) is 15.2 Å².